The van der Waals surface area contributed by atoms with Crippen LogP contribution in [-0.2, 0) is 0 Å². The molecule has 0 nitrogen and oxygen atoms in total. The Balaban J connectivity index is 2.16. The Bertz CT molecular complexity index is 397. The van der Waals surface area contributed by atoms with E-state index in [0.29, 0.717) is 11.8 Å². The number of hydrogen-bond acceptors (Lipinski definition) is 0. The Hall–Kier alpha value is -1.30. The summed E-state index contributed by atoms with van der Waals surface area (Å²) in [4.78, 5) is 0. The maximum Gasteiger partial charge on any atom is -0.00992 e. The van der Waals surface area contributed by atoms with Crippen LogP contribution in [0.15, 0.2) is 54.1 Å². The molecule has 2 unspecified atom stereocenters. The summed E-state index contributed by atoms with van der Waals surface area (Å²) in [6, 6.07) is 10.9. The van der Waals surface area contributed by atoms with Crippen LogP contribution in [0.1, 0.15) is 44.6 Å². The molecule has 2 atom stereocenters. The van der Waals surface area contributed by atoms with Crippen LogP contribution in [0.2, 0.25) is 0 Å². The molecule has 1 aromatic carbocycles. The first-order chi connectivity index (χ1) is 8.33. The maximum absolute atomic E-state index is 2.36. The van der Waals surface area contributed by atoms with Crippen LogP contribution in [0.25, 0.3) is 0 Å². The SMILES string of the molecule is CCCC1=CC=CCC1C(C)c1ccccc1. The quantitative estimate of drug-likeness (QED) is 0.670. The van der Waals surface area contributed by atoms with Crippen molar-refractivity contribution in [3.63, 3.8) is 0 Å². The minimum absolute atomic E-state index is 0.624. The van der Waals surface area contributed by atoms with E-state index in [2.05, 4.69) is 62.4 Å². The summed E-state index contributed by atoms with van der Waals surface area (Å²) >= 11 is 0. The Morgan fingerprint density at radius 1 is 1.24 bits per heavy atom. The highest BCUT2D eigenvalue weighted by atomic mass is 14.3. The van der Waals surface area contributed by atoms with Gasteiger partial charge in [-0.05, 0) is 30.2 Å². The molecule has 0 saturated heterocycles. The van der Waals surface area contributed by atoms with Gasteiger partial charge in [0.1, 0.15) is 0 Å². The van der Waals surface area contributed by atoms with E-state index in [9.17, 15) is 0 Å². The Labute approximate surface area is 105 Å². The van der Waals surface area contributed by atoms with Crippen LogP contribution < -0.4 is 0 Å². The summed E-state index contributed by atoms with van der Waals surface area (Å²) < 4.78 is 0. The van der Waals surface area contributed by atoms with Crippen molar-refractivity contribution in [2.45, 2.75) is 39.0 Å². The third kappa shape index (κ3) is 2.88. The summed E-state index contributed by atoms with van der Waals surface area (Å²) in [5.41, 5.74) is 3.10. The van der Waals surface area contributed by atoms with Crippen molar-refractivity contribution in [3.05, 3.63) is 59.7 Å². The molecule has 0 N–H and O–H groups in total. The molecule has 0 bridgehead atoms. The van der Waals surface area contributed by atoms with Crippen LogP contribution in [0.4, 0.5) is 0 Å². The molecule has 0 spiro atoms. The topological polar surface area (TPSA) is 0 Å². The van der Waals surface area contributed by atoms with Gasteiger partial charge < -0.3 is 0 Å². The van der Waals surface area contributed by atoms with Gasteiger partial charge in [0.05, 0.1) is 0 Å². The highest BCUT2D eigenvalue weighted by Crippen LogP contribution is 2.36. The van der Waals surface area contributed by atoms with E-state index >= 15 is 0 Å². The average Bonchev–Trinajstić information content (AvgIpc) is 2.40. The normalized spacial score (nSPS) is 21.1. The van der Waals surface area contributed by atoms with Gasteiger partial charge in [-0.15, -0.1) is 0 Å². The fraction of sp³-hybridized carbons (Fsp3) is 0.412. The van der Waals surface area contributed by atoms with Crippen molar-refractivity contribution < 1.29 is 0 Å². The van der Waals surface area contributed by atoms with Crippen molar-refractivity contribution in [2.24, 2.45) is 5.92 Å². The van der Waals surface area contributed by atoms with Crippen molar-refractivity contribution in [2.75, 3.05) is 0 Å². The smallest absolute Gasteiger partial charge is 0.00992 e. The standard InChI is InChI=1S/C17H22/c1-3-9-16-12-7-8-13-17(16)14(2)15-10-5-4-6-11-15/h4-8,10-12,14,17H,3,9,13H2,1-2H3. The second kappa shape index (κ2) is 5.86. The number of allylic oxidation sites excluding steroid dienone is 4. The van der Waals surface area contributed by atoms with E-state index in [1.807, 2.05) is 0 Å². The maximum atomic E-state index is 2.36. The van der Waals surface area contributed by atoms with E-state index in [-0.39, 0.29) is 0 Å². The van der Waals surface area contributed by atoms with E-state index in [1.54, 1.807) is 5.57 Å². The lowest BCUT2D eigenvalue weighted by molar-refractivity contribution is 0.496. The van der Waals surface area contributed by atoms with Crippen LogP contribution in [0.5, 0.6) is 0 Å². The average molecular weight is 226 g/mol. The minimum Gasteiger partial charge on any atom is -0.0839 e. The molecule has 0 amide bonds. The molecule has 1 aliphatic rings. The Morgan fingerprint density at radius 2 is 2.00 bits per heavy atom. The Morgan fingerprint density at radius 3 is 2.71 bits per heavy atom. The van der Waals surface area contributed by atoms with E-state index in [0.717, 1.165) is 0 Å². The predicted octanol–water partition coefficient (Wildman–Crippen LogP) is 5.09. The van der Waals surface area contributed by atoms with Crippen LogP contribution in [-0.4, -0.2) is 0 Å². The van der Waals surface area contributed by atoms with Crippen molar-refractivity contribution in [1.82, 2.24) is 0 Å². The molecular formula is C17H22. The molecule has 0 aliphatic heterocycles. The summed E-state index contributed by atoms with van der Waals surface area (Å²) in [5.74, 6) is 1.32. The summed E-state index contributed by atoms with van der Waals surface area (Å²) in [6.45, 7) is 4.63. The van der Waals surface area contributed by atoms with Gasteiger partial charge in [0.15, 0.2) is 0 Å². The first-order valence-electron chi connectivity index (χ1n) is 6.73. The van der Waals surface area contributed by atoms with Gasteiger partial charge in [0.2, 0.25) is 0 Å². The third-order valence-corrected chi connectivity index (χ3v) is 3.78. The second-order valence-corrected chi connectivity index (χ2v) is 4.96. The molecule has 1 aromatic rings. The first kappa shape index (κ1) is 12.2. The van der Waals surface area contributed by atoms with Gasteiger partial charge in [0, 0.05) is 0 Å². The number of benzene rings is 1. The lowest BCUT2D eigenvalue weighted by Crippen LogP contribution is -2.14. The molecular weight excluding hydrogens is 204 g/mol. The second-order valence-electron chi connectivity index (χ2n) is 4.96. The van der Waals surface area contributed by atoms with Gasteiger partial charge in [-0.2, -0.15) is 0 Å². The van der Waals surface area contributed by atoms with Crippen LogP contribution in [0.3, 0.4) is 0 Å². The molecule has 0 heteroatoms. The zero-order valence-corrected chi connectivity index (χ0v) is 10.9. The fourth-order valence-electron chi connectivity index (χ4n) is 2.76. The van der Waals surface area contributed by atoms with Gasteiger partial charge in [-0.3, -0.25) is 0 Å². The summed E-state index contributed by atoms with van der Waals surface area (Å²) in [7, 11) is 0. The molecule has 0 saturated carbocycles. The third-order valence-electron chi connectivity index (χ3n) is 3.78. The molecule has 0 fully saturated rings. The van der Waals surface area contributed by atoms with Crippen LogP contribution >= 0.6 is 0 Å². The lowest BCUT2D eigenvalue weighted by atomic mass is 9.77. The Kier molecular flexibility index (Phi) is 4.19. The predicted molar refractivity (Wildman–Crippen MR) is 75.1 cm³/mol. The monoisotopic (exact) mass is 226 g/mol. The molecule has 17 heavy (non-hydrogen) atoms. The van der Waals surface area contributed by atoms with Crippen molar-refractivity contribution in [1.29, 1.82) is 0 Å². The molecule has 2 rings (SSSR count). The molecule has 90 valence electrons. The zero-order chi connectivity index (χ0) is 12.1. The lowest BCUT2D eigenvalue weighted by Gasteiger charge is -2.28. The van der Waals surface area contributed by atoms with E-state index < -0.39 is 0 Å². The number of rotatable bonds is 4. The first-order valence-corrected chi connectivity index (χ1v) is 6.73. The van der Waals surface area contributed by atoms with E-state index in [4.69, 9.17) is 0 Å². The summed E-state index contributed by atoms with van der Waals surface area (Å²) in [6.07, 6.45) is 10.5. The molecule has 0 radical (unpaired) electrons. The molecule has 0 heterocycles. The van der Waals surface area contributed by atoms with Gasteiger partial charge >= 0.3 is 0 Å². The van der Waals surface area contributed by atoms with Gasteiger partial charge in [0.25, 0.3) is 0 Å². The fourth-order valence-corrected chi connectivity index (χ4v) is 2.76. The van der Waals surface area contributed by atoms with Gasteiger partial charge in [-0.1, -0.05) is 74.4 Å². The van der Waals surface area contributed by atoms with Crippen molar-refractivity contribution in [3.8, 4) is 0 Å². The van der Waals surface area contributed by atoms with Crippen LogP contribution in [0, 0.1) is 5.92 Å². The minimum atomic E-state index is 0.624. The zero-order valence-electron chi connectivity index (χ0n) is 10.9. The molecule has 1 aliphatic carbocycles. The largest absolute Gasteiger partial charge is 0.0839 e. The highest BCUT2D eigenvalue weighted by molar-refractivity contribution is 5.28. The van der Waals surface area contributed by atoms with Gasteiger partial charge in [-0.25, -0.2) is 0 Å². The molecule has 0 aromatic heterocycles. The highest BCUT2D eigenvalue weighted by Gasteiger charge is 2.22. The van der Waals surface area contributed by atoms with Crippen molar-refractivity contribution >= 4 is 0 Å². The number of hydrogen-bond donors (Lipinski definition) is 0. The summed E-state index contributed by atoms with van der Waals surface area (Å²) in [5, 5.41) is 0. The van der Waals surface area contributed by atoms with E-state index in [1.165, 1.54) is 24.8 Å².